The number of nitrogens with two attached hydrogens (primary N) is 1. The number of nitrogens with zero attached hydrogens (tertiary/aromatic N) is 3. The highest BCUT2D eigenvalue weighted by molar-refractivity contribution is 6.42. The monoisotopic (exact) mass is 285 g/mol. The van der Waals surface area contributed by atoms with Gasteiger partial charge in [-0.25, -0.2) is 0 Å². The van der Waals surface area contributed by atoms with E-state index in [0.717, 1.165) is 17.9 Å². The molecule has 0 aliphatic rings. The number of nitrogen functional groups attached to an aromatic ring is 1. The molecule has 0 spiro atoms. The smallest absolute Gasteiger partial charge is 0.134 e. The van der Waals surface area contributed by atoms with Crippen LogP contribution < -0.4 is 11.1 Å². The fraction of sp³-hybridized carbons (Fsp3) is 0.273. The fourth-order valence-corrected chi connectivity index (χ4v) is 1.89. The van der Waals surface area contributed by atoms with E-state index in [9.17, 15) is 0 Å². The topological polar surface area (TPSA) is 68.8 Å². The lowest BCUT2D eigenvalue weighted by Crippen LogP contribution is -2.10. The van der Waals surface area contributed by atoms with E-state index in [2.05, 4.69) is 15.5 Å². The zero-order valence-corrected chi connectivity index (χ0v) is 11.3. The number of rotatable bonds is 4. The summed E-state index contributed by atoms with van der Waals surface area (Å²) in [5.74, 6) is 0.904. The van der Waals surface area contributed by atoms with Crippen LogP contribution in [-0.4, -0.2) is 21.3 Å². The number of nitrogens with one attached hydrogen (secondary N) is 1. The van der Waals surface area contributed by atoms with Gasteiger partial charge in [-0.2, -0.15) is 0 Å². The molecule has 0 saturated heterocycles. The Labute approximate surface area is 115 Å². The van der Waals surface area contributed by atoms with E-state index in [-0.39, 0.29) is 0 Å². The molecule has 1 aromatic carbocycles. The van der Waals surface area contributed by atoms with Crippen LogP contribution in [0.1, 0.15) is 5.82 Å². The van der Waals surface area contributed by atoms with Gasteiger partial charge in [0, 0.05) is 20.0 Å². The van der Waals surface area contributed by atoms with E-state index in [4.69, 9.17) is 28.9 Å². The van der Waals surface area contributed by atoms with Gasteiger partial charge < -0.3 is 15.6 Å². The first-order valence-electron chi connectivity index (χ1n) is 5.39. The molecule has 0 aliphatic carbocycles. The quantitative estimate of drug-likeness (QED) is 0.847. The van der Waals surface area contributed by atoms with Crippen LogP contribution in [0.3, 0.4) is 0 Å². The summed E-state index contributed by atoms with van der Waals surface area (Å²) in [5, 5.41) is 11.9. The van der Waals surface area contributed by atoms with Crippen molar-refractivity contribution in [3.8, 4) is 0 Å². The van der Waals surface area contributed by atoms with Crippen molar-refractivity contribution in [2.24, 2.45) is 7.05 Å². The van der Waals surface area contributed by atoms with Crippen LogP contribution in [0.25, 0.3) is 0 Å². The van der Waals surface area contributed by atoms with Crippen molar-refractivity contribution in [2.45, 2.75) is 6.42 Å². The Morgan fingerprint density at radius 1 is 1.33 bits per heavy atom. The molecule has 2 aromatic rings. The third kappa shape index (κ3) is 2.86. The Hall–Kier alpha value is -1.46. The maximum atomic E-state index is 5.94. The number of halogens is 2. The Morgan fingerprint density at radius 3 is 2.72 bits per heavy atom. The molecule has 7 heteroatoms. The Kier molecular flexibility index (Phi) is 3.93. The predicted molar refractivity (Wildman–Crippen MR) is 74.1 cm³/mol. The van der Waals surface area contributed by atoms with Gasteiger partial charge in [0.1, 0.15) is 12.2 Å². The van der Waals surface area contributed by atoms with Gasteiger partial charge in [-0.15, -0.1) is 10.2 Å². The molecule has 96 valence electrons. The Bertz CT molecular complexity index is 552. The second-order valence-corrected chi connectivity index (χ2v) is 4.70. The summed E-state index contributed by atoms with van der Waals surface area (Å²) in [6.07, 6.45) is 2.42. The van der Waals surface area contributed by atoms with E-state index in [1.165, 1.54) is 0 Å². The largest absolute Gasteiger partial charge is 0.397 e. The standard InChI is InChI=1S/C11H13Cl2N5/c1-18-6-16-17-11(18)2-3-15-10-5-8(13)7(12)4-9(10)14/h4-6,15H,2-3,14H2,1H3. The summed E-state index contributed by atoms with van der Waals surface area (Å²) < 4.78 is 1.87. The van der Waals surface area contributed by atoms with Gasteiger partial charge in [-0.1, -0.05) is 23.2 Å². The Balaban J connectivity index is 1.99. The molecule has 0 fully saturated rings. The maximum Gasteiger partial charge on any atom is 0.134 e. The number of benzene rings is 1. The van der Waals surface area contributed by atoms with Crippen LogP contribution in [0.5, 0.6) is 0 Å². The highest BCUT2D eigenvalue weighted by Crippen LogP contribution is 2.30. The van der Waals surface area contributed by atoms with Crippen molar-refractivity contribution in [3.63, 3.8) is 0 Å². The van der Waals surface area contributed by atoms with Crippen molar-refractivity contribution in [1.29, 1.82) is 0 Å². The molecule has 0 saturated carbocycles. The number of hydrogen-bond donors (Lipinski definition) is 2. The first kappa shape index (κ1) is 13.0. The molecular formula is C11H13Cl2N5. The average molecular weight is 286 g/mol. The zero-order chi connectivity index (χ0) is 13.1. The predicted octanol–water partition coefficient (Wildman–Crippen LogP) is 2.36. The number of anilines is 2. The van der Waals surface area contributed by atoms with Crippen LogP contribution in [0.4, 0.5) is 11.4 Å². The van der Waals surface area contributed by atoms with Gasteiger partial charge in [0.2, 0.25) is 0 Å². The van der Waals surface area contributed by atoms with Crippen LogP contribution >= 0.6 is 23.2 Å². The summed E-state index contributed by atoms with van der Waals surface area (Å²) in [6, 6.07) is 3.35. The molecule has 0 radical (unpaired) electrons. The van der Waals surface area contributed by atoms with Crippen molar-refractivity contribution in [3.05, 3.63) is 34.3 Å². The summed E-state index contributed by atoms with van der Waals surface area (Å²) in [5.41, 5.74) is 7.18. The number of aryl methyl sites for hydroxylation is 1. The molecule has 0 amide bonds. The summed E-state index contributed by atoms with van der Waals surface area (Å²) in [7, 11) is 1.91. The summed E-state index contributed by atoms with van der Waals surface area (Å²) in [6.45, 7) is 0.689. The van der Waals surface area contributed by atoms with E-state index in [1.807, 2.05) is 11.6 Å². The average Bonchev–Trinajstić information content (AvgIpc) is 2.72. The minimum absolute atomic E-state index is 0.452. The van der Waals surface area contributed by atoms with Gasteiger partial charge in [0.05, 0.1) is 21.4 Å². The van der Waals surface area contributed by atoms with Gasteiger partial charge in [-0.05, 0) is 12.1 Å². The van der Waals surface area contributed by atoms with Gasteiger partial charge in [-0.3, -0.25) is 0 Å². The number of aromatic nitrogens is 3. The van der Waals surface area contributed by atoms with Crippen molar-refractivity contribution in [1.82, 2.24) is 14.8 Å². The normalized spacial score (nSPS) is 10.6. The van der Waals surface area contributed by atoms with Crippen molar-refractivity contribution < 1.29 is 0 Å². The maximum absolute atomic E-state index is 5.94. The number of hydrogen-bond acceptors (Lipinski definition) is 4. The van der Waals surface area contributed by atoms with Crippen molar-refractivity contribution in [2.75, 3.05) is 17.6 Å². The molecule has 0 aliphatic heterocycles. The lowest BCUT2D eigenvalue weighted by molar-refractivity contribution is 0.788. The van der Waals surface area contributed by atoms with E-state index in [1.54, 1.807) is 18.5 Å². The molecule has 1 heterocycles. The third-order valence-corrected chi connectivity index (χ3v) is 3.28. The first-order valence-corrected chi connectivity index (χ1v) is 6.15. The molecule has 3 N–H and O–H groups in total. The Morgan fingerprint density at radius 2 is 2.06 bits per heavy atom. The summed E-state index contributed by atoms with van der Waals surface area (Å²) in [4.78, 5) is 0. The SMILES string of the molecule is Cn1cnnc1CCNc1cc(Cl)c(Cl)cc1N. The molecule has 0 unspecified atom stereocenters. The molecule has 18 heavy (non-hydrogen) atoms. The second-order valence-electron chi connectivity index (χ2n) is 3.89. The van der Waals surface area contributed by atoms with Gasteiger partial charge >= 0.3 is 0 Å². The van der Waals surface area contributed by atoms with Crippen molar-refractivity contribution >= 4 is 34.6 Å². The first-order chi connectivity index (χ1) is 8.58. The lowest BCUT2D eigenvalue weighted by atomic mass is 10.2. The van der Waals surface area contributed by atoms with Crippen LogP contribution in [0.2, 0.25) is 10.0 Å². The second kappa shape index (κ2) is 5.46. The zero-order valence-electron chi connectivity index (χ0n) is 9.82. The minimum atomic E-state index is 0.452. The lowest BCUT2D eigenvalue weighted by Gasteiger charge is -2.10. The van der Waals surface area contributed by atoms with E-state index >= 15 is 0 Å². The molecule has 2 rings (SSSR count). The molecule has 1 aromatic heterocycles. The van der Waals surface area contributed by atoms with Crippen LogP contribution in [-0.2, 0) is 13.5 Å². The van der Waals surface area contributed by atoms with E-state index < -0.39 is 0 Å². The van der Waals surface area contributed by atoms with Gasteiger partial charge in [0.25, 0.3) is 0 Å². The third-order valence-electron chi connectivity index (χ3n) is 2.56. The highest BCUT2D eigenvalue weighted by atomic mass is 35.5. The van der Waals surface area contributed by atoms with E-state index in [0.29, 0.717) is 22.3 Å². The molecular weight excluding hydrogens is 273 g/mol. The molecule has 0 atom stereocenters. The minimum Gasteiger partial charge on any atom is -0.397 e. The highest BCUT2D eigenvalue weighted by Gasteiger charge is 2.05. The molecule has 0 bridgehead atoms. The van der Waals surface area contributed by atoms with Gasteiger partial charge in [0.15, 0.2) is 0 Å². The summed E-state index contributed by atoms with van der Waals surface area (Å²) >= 11 is 11.8. The fourth-order valence-electron chi connectivity index (χ4n) is 1.56. The van der Waals surface area contributed by atoms with Crippen LogP contribution in [0, 0.1) is 0 Å². The molecule has 5 nitrogen and oxygen atoms in total. The van der Waals surface area contributed by atoms with Crippen LogP contribution in [0.15, 0.2) is 18.5 Å².